The molecule has 10 heteroatoms. The third-order valence-corrected chi connectivity index (χ3v) is 3.68. The van der Waals surface area contributed by atoms with E-state index < -0.39 is 16.1 Å². The zero-order valence-electron chi connectivity index (χ0n) is 8.88. The zero-order valence-corrected chi connectivity index (χ0v) is 10.5. The fraction of sp³-hybridized carbons (Fsp3) is 0.429. The number of ether oxygens (including phenoxy) is 1. The molecule has 1 aromatic heterocycles. The lowest BCUT2D eigenvalue weighted by Gasteiger charge is -2.04. The Bertz CT molecular complexity index is 512. The van der Waals surface area contributed by atoms with Gasteiger partial charge in [-0.15, -0.1) is 0 Å². The topological polar surface area (TPSA) is 116 Å². The molecule has 1 heterocycles. The summed E-state index contributed by atoms with van der Waals surface area (Å²) in [5.74, 6) is 0. The van der Waals surface area contributed by atoms with Crippen LogP contribution in [0.3, 0.4) is 0 Å². The van der Waals surface area contributed by atoms with Crippen LogP contribution in [0.25, 0.3) is 0 Å². The Morgan fingerprint density at radius 3 is 2.82 bits per heavy atom. The van der Waals surface area contributed by atoms with Gasteiger partial charge >= 0.3 is 6.09 Å². The molecule has 0 aliphatic rings. The van der Waals surface area contributed by atoms with Crippen molar-refractivity contribution >= 4 is 27.7 Å². The molecule has 0 radical (unpaired) electrons. The highest BCUT2D eigenvalue weighted by Crippen LogP contribution is 2.17. The first-order chi connectivity index (χ1) is 7.84. The van der Waals surface area contributed by atoms with Gasteiger partial charge in [-0.25, -0.2) is 22.9 Å². The van der Waals surface area contributed by atoms with Crippen LogP contribution >= 0.6 is 11.6 Å². The van der Waals surface area contributed by atoms with Crippen molar-refractivity contribution in [1.82, 2.24) is 14.3 Å². The van der Waals surface area contributed by atoms with Crippen LogP contribution in [0.15, 0.2) is 11.4 Å². The van der Waals surface area contributed by atoms with Gasteiger partial charge in [0.25, 0.3) is 10.0 Å². The van der Waals surface area contributed by atoms with Crippen LogP contribution in [0.4, 0.5) is 4.79 Å². The first-order valence-electron chi connectivity index (χ1n) is 4.43. The van der Waals surface area contributed by atoms with E-state index in [1.807, 2.05) is 0 Å². The number of halogens is 1. The average Bonchev–Trinajstić information content (AvgIpc) is 2.55. The second kappa shape index (κ2) is 5.34. The Morgan fingerprint density at radius 1 is 1.71 bits per heavy atom. The maximum Gasteiger partial charge on any atom is 0.404 e. The number of nitrogens with two attached hydrogens (primary N) is 1. The summed E-state index contributed by atoms with van der Waals surface area (Å²) in [7, 11) is -2.25. The first-order valence-corrected chi connectivity index (χ1v) is 6.29. The lowest BCUT2D eigenvalue weighted by atomic mass is 10.7. The summed E-state index contributed by atoms with van der Waals surface area (Å²) in [6.07, 6.45) is 0.302. The Labute approximate surface area is 103 Å². The second-order valence-corrected chi connectivity index (χ2v) is 5.06. The fourth-order valence-corrected chi connectivity index (χ4v) is 2.41. The number of carbonyl (C=O) groups excluding carboxylic acids is 1. The number of aromatic nitrogens is 2. The van der Waals surface area contributed by atoms with Crippen LogP contribution in [0, 0.1) is 0 Å². The number of imidazole rings is 1. The van der Waals surface area contributed by atoms with Crippen molar-refractivity contribution in [2.45, 2.75) is 5.03 Å². The molecule has 0 aliphatic carbocycles. The molecular weight excluding hydrogens is 272 g/mol. The molecular formula is C7H11ClN4O4S. The van der Waals surface area contributed by atoms with E-state index in [0.717, 1.165) is 0 Å². The largest absolute Gasteiger partial charge is 0.448 e. The third-order valence-electron chi connectivity index (χ3n) is 1.73. The zero-order chi connectivity index (χ0) is 13.1. The van der Waals surface area contributed by atoms with Gasteiger partial charge in [-0.05, 0) is 0 Å². The van der Waals surface area contributed by atoms with E-state index in [1.54, 1.807) is 7.05 Å². The van der Waals surface area contributed by atoms with Crippen molar-refractivity contribution < 1.29 is 17.9 Å². The van der Waals surface area contributed by atoms with Gasteiger partial charge in [0.15, 0.2) is 0 Å². The number of sulfonamides is 1. The molecule has 0 unspecified atom stereocenters. The van der Waals surface area contributed by atoms with Crippen molar-refractivity contribution in [2.75, 3.05) is 13.2 Å². The number of hydrogen-bond acceptors (Lipinski definition) is 5. The third kappa shape index (κ3) is 3.58. The molecule has 0 fully saturated rings. The van der Waals surface area contributed by atoms with Crippen LogP contribution in [0.5, 0.6) is 0 Å². The molecule has 1 amide bonds. The van der Waals surface area contributed by atoms with Gasteiger partial charge in [0.05, 0.1) is 6.33 Å². The molecule has 0 aliphatic heterocycles. The van der Waals surface area contributed by atoms with Crippen LogP contribution in [0.1, 0.15) is 0 Å². The number of rotatable bonds is 5. The standard InChI is InChI=1S/C7H11ClN4O4S/c1-12-4-10-6(5(12)8)17(14,15)11-2-3-16-7(9)13/h4,11H,2-3H2,1H3,(H2,9,13). The van der Waals surface area contributed by atoms with Crippen molar-refractivity contribution in [3.05, 3.63) is 11.5 Å². The van der Waals surface area contributed by atoms with Gasteiger partial charge < -0.3 is 15.0 Å². The van der Waals surface area contributed by atoms with Crippen LogP contribution < -0.4 is 10.5 Å². The van der Waals surface area contributed by atoms with E-state index in [-0.39, 0.29) is 23.3 Å². The van der Waals surface area contributed by atoms with Crippen LogP contribution in [0.2, 0.25) is 5.15 Å². The van der Waals surface area contributed by atoms with Gasteiger partial charge in [-0.1, -0.05) is 11.6 Å². The summed E-state index contributed by atoms with van der Waals surface area (Å²) in [5.41, 5.74) is 4.71. The molecule has 1 rings (SSSR count). The van der Waals surface area contributed by atoms with Gasteiger partial charge in [-0.2, -0.15) is 0 Å². The van der Waals surface area contributed by atoms with Crippen molar-refractivity contribution in [2.24, 2.45) is 12.8 Å². The van der Waals surface area contributed by atoms with E-state index in [2.05, 4.69) is 14.4 Å². The highest BCUT2D eigenvalue weighted by molar-refractivity contribution is 7.89. The Hall–Kier alpha value is -1.32. The monoisotopic (exact) mass is 282 g/mol. The molecule has 17 heavy (non-hydrogen) atoms. The lowest BCUT2D eigenvalue weighted by molar-refractivity contribution is 0.159. The highest BCUT2D eigenvalue weighted by Gasteiger charge is 2.21. The number of nitrogens with one attached hydrogen (secondary N) is 1. The minimum absolute atomic E-state index is 0.00619. The number of amides is 1. The fourth-order valence-electron chi connectivity index (χ4n) is 0.970. The minimum atomic E-state index is -3.81. The second-order valence-electron chi connectivity index (χ2n) is 3.02. The average molecular weight is 283 g/mol. The lowest BCUT2D eigenvalue weighted by Crippen LogP contribution is -2.29. The van der Waals surface area contributed by atoms with Crippen LogP contribution in [-0.2, 0) is 21.8 Å². The van der Waals surface area contributed by atoms with Crippen molar-refractivity contribution in [3.63, 3.8) is 0 Å². The summed E-state index contributed by atoms with van der Waals surface area (Å²) in [4.78, 5) is 13.9. The normalized spacial score (nSPS) is 11.4. The van der Waals surface area contributed by atoms with Gasteiger partial charge in [0, 0.05) is 13.6 Å². The van der Waals surface area contributed by atoms with E-state index >= 15 is 0 Å². The van der Waals surface area contributed by atoms with Gasteiger partial charge in [0.2, 0.25) is 5.03 Å². The SMILES string of the molecule is Cn1cnc(S(=O)(=O)NCCOC(N)=O)c1Cl. The predicted molar refractivity (Wildman–Crippen MR) is 58.9 cm³/mol. The number of hydrogen-bond donors (Lipinski definition) is 2. The molecule has 0 bridgehead atoms. The molecule has 8 nitrogen and oxygen atoms in total. The Morgan fingerprint density at radius 2 is 2.35 bits per heavy atom. The molecule has 3 N–H and O–H groups in total. The number of primary amides is 1. The van der Waals surface area contributed by atoms with Gasteiger partial charge in [-0.3, -0.25) is 0 Å². The Balaban J connectivity index is 2.64. The molecule has 0 spiro atoms. The molecule has 1 aromatic rings. The number of aryl methyl sites for hydroxylation is 1. The summed E-state index contributed by atoms with van der Waals surface area (Å²) < 4.78 is 31.2. The molecule has 0 aromatic carbocycles. The van der Waals surface area contributed by atoms with E-state index in [9.17, 15) is 13.2 Å². The predicted octanol–water partition coefficient (Wildman–Crippen LogP) is -0.553. The summed E-state index contributed by atoms with van der Waals surface area (Å²) in [5, 5.41) is -0.283. The van der Waals surface area contributed by atoms with E-state index in [0.29, 0.717) is 0 Å². The van der Waals surface area contributed by atoms with Gasteiger partial charge in [0.1, 0.15) is 11.8 Å². The molecule has 0 saturated carbocycles. The maximum absolute atomic E-state index is 11.7. The Kier molecular flexibility index (Phi) is 4.32. The first kappa shape index (κ1) is 13.7. The van der Waals surface area contributed by atoms with Crippen molar-refractivity contribution in [1.29, 1.82) is 0 Å². The molecule has 0 atom stereocenters. The van der Waals surface area contributed by atoms with Crippen LogP contribution in [-0.4, -0.2) is 37.2 Å². The highest BCUT2D eigenvalue weighted by atomic mass is 35.5. The minimum Gasteiger partial charge on any atom is -0.448 e. The summed E-state index contributed by atoms with van der Waals surface area (Å²) in [6, 6.07) is 0. The number of carbonyl (C=O) groups is 1. The quantitative estimate of drug-likeness (QED) is 0.703. The number of nitrogens with zero attached hydrogens (tertiary/aromatic N) is 2. The molecule has 96 valence electrons. The maximum atomic E-state index is 11.7. The summed E-state index contributed by atoms with van der Waals surface area (Å²) >= 11 is 5.73. The van der Waals surface area contributed by atoms with E-state index in [4.69, 9.17) is 17.3 Å². The van der Waals surface area contributed by atoms with E-state index in [1.165, 1.54) is 10.9 Å². The smallest absolute Gasteiger partial charge is 0.404 e. The summed E-state index contributed by atoms with van der Waals surface area (Å²) in [6.45, 7) is -0.281. The van der Waals surface area contributed by atoms with Crippen molar-refractivity contribution in [3.8, 4) is 0 Å². The molecule has 0 saturated heterocycles.